The quantitative estimate of drug-likeness (QED) is 0.733. The van der Waals surface area contributed by atoms with Gasteiger partial charge in [-0.15, -0.1) is 0 Å². The molecule has 0 heterocycles. The first-order valence-electron chi connectivity index (χ1n) is 6.66. The summed E-state index contributed by atoms with van der Waals surface area (Å²) in [7, 11) is 0. The summed E-state index contributed by atoms with van der Waals surface area (Å²) in [6.45, 7) is 8.15. The molecular formula is C13H27NO. The number of rotatable bonds is 6. The Morgan fingerprint density at radius 3 is 2.33 bits per heavy atom. The maximum absolute atomic E-state index is 9.63. The second kappa shape index (κ2) is 7.24. The van der Waals surface area contributed by atoms with Crippen molar-refractivity contribution in [3.8, 4) is 0 Å². The van der Waals surface area contributed by atoms with Crippen LogP contribution in [0.25, 0.3) is 0 Å². The van der Waals surface area contributed by atoms with Gasteiger partial charge in [0.1, 0.15) is 0 Å². The Morgan fingerprint density at radius 1 is 1.13 bits per heavy atom. The monoisotopic (exact) mass is 213 g/mol. The van der Waals surface area contributed by atoms with Crippen LogP contribution in [0.1, 0.15) is 52.4 Å². The summed E-state index contributed by atoms with van der Waals surface area (Å²) >= 11 is 0. The molecular weight excluding hydrogens is 186 g/mol. The van der Waals surface area contributed by atoms with Crippen LogP contribution in [0.2, 0.25) is 0 Å². The molecule has 1 fully saturated rings. The normalized spacial score (nSPS) is 27.2. The van der Waals surface area contributed by atoms with Gasteiger partial charge < -0.3 is 10.0 Å². The third-order valence-corrected chi connectivity index (χ3v) is 3.35. The lowest BCUT2D eigenvalue weighted by molar-refractivity contribution is 0.0836. The Labute approximate surface area is 94.7 Å². The third kappa shape index (κ3) is 4.98. The van der Waals surface area contributed by atoms with Gasteiger partial charge in [0.15, 0.2) is 0 Å². The zero-order chi connectivity index (χ0) is 11.1. The van der Waals surface area contributed by atoms with Crippen molar-refractivity contribution in [2.45, 2.75) is 58.5 Å². The van der Waals surface area contributed by atoms with E-state index < -0.39 is 0 Å². The molecule has 2 heteroatoms. The van der Waals surface area contributed by atoms with E-state index in [4.69, 9.17) is 0 Å². The standard InChI is InChI=1S/C13H27NO/c1-3-8-14(9-4-2)11-12-6-5-7-13(15)10-12/h12-13,15H,3-11H2,1-2H3. The highest BCUT2D eigenvalue weighted by Gasteiger charge is 2.21. The van der Waals surface area contributed by atoms with Crippen LogP contribution >= 0.6 is 0 Å². The van der Waals surface area contributed by atoms with Crippen molar-refractivity contribution < 1.29 is 5.11 Å². The highest BCUT2D eigenvalue weighted by Crippen LogP contribution is 2.25. The predicted octanol–water partition coefficient (Wildman–Crippen LogP) is 2.66. The molecule has 1 aliphatic carbocycles. The van der Waals surface area contributed by atoms with Gasteiger partial charge in [0.2, 0.25) is 0 Å². The first kappa shape index (κ1) is 13.0. The molecule has 90 valence electrons. The van der Waals surface area contributed by atoms with Gasteiger partial charge in [-0.1, -0.05) is 20.3 Å². The molecule has 0 aromatic carbocycles. The van der Waals surface area contributed by atoms with Gasteiger partial charge in [0, 0.05) is 6.54 Å². The van der Waals surface area contributed by atoms with Crippen LogP contribution in [0.3, 0.4) is 0 Å². The van der Waals surface area contributed by atoms with E-state index in [0.29, 0.717) is 0 Å². The van der Waals surface area contributed by atoms with Gasteiger partial charge in [0.05, 0.1) is 6.10 Å². The van der Waals surface area contributed by atoms with Crippen molar-refractivity contribution >= 4 is 0 Å². The van der Waals surface area contributed by atoms with E-state index >= 15 is 0 Å². The molecule has 2 unspecified atom stereocenters. The van der Waals surface area contributed by atoms with Gasteiger partial charge in [-0.3, -0.25) is 0 Å². The van der Waals surface area contributed by atoms with E-state index in [0.717, 1.165) is 18.8 Å². The van der Waals surface area contributed by atoms with Crippen LogP contribution in [0.5, 0.6) is 0 Å². The molecule has 0 amide bonds. The van der Waals surface area contributed by atoms with Gasteiger partial charge in [0.25, 0.3) is 0 Å². The van der Waals surface area contributed by atoms with E-state index in [1.807, 2.05) is 0 Å². The Balaban J connectivity index is 2.28. The average molecular weight is 213 g/mol. The molecule has 0 aliphatic heterocycles. The fraction of sp³-hybridized carbons (Fsp3) is 1.00. The Bertz CT molecular complexity index is 152. The molecule has 1 aliphatic rings. The maximum Gasteiger partial charge on any atom is 0.0543 e. The Morgan fingerprint density at radius 2 is 1.80 bits per heavy atom. The van der Waals surface area contributed by atoms with Crippen LogP contribution < -0.4 is 0 Å². The molecule has 0 saturated heterocycles. The van der Waals surface area contributed by atoms with E-state index in [1.54, 1.807) is 0 Å². The molecule has 15 heavy (non-hydrogen) atoms. The molecule has 0 bridgehead atoms. The lowest BCUT2D eigenvalue weighted by Gasteiger charge is -2.31. The number of hydrogen-bond acceptors (Lipinski definition) is 2. The zero-order valence-corrected chi connectivity index (χ0v) is 10.4. The minimum absolute atomic E-state index is 0.0196. The maximum atomic E-state index is 9.63. The number of nitrogens with zero attached hydrogens (tertiary/aromatic N) is 1. The highest BCUT2D eigenvalue weighted by molar-refractivity contribution is 4.75. The summed E-state index contributed by atoms with van der Waals surface area (Å²) < 4.78 is 0. The van der Waals surface area contributed by atoms with Crippen molar-refractivity contribution in [3.63, 3.8) is 0 Å². The van der Waals surface area contributed by atoms with Crippen molar-refractivity contribution in [1.29, 1.82) is 0 Å². The van der Waals surface area contributed by atoms with E-state index in [9.17, 15) is 5.11 Å². The van der Waals surface area contributed by atoms with E-state index in [-0.39, 0.29) is 6.10 Å². The van der Waals surface area contributed by atoms with E-state index in [1.165, 1.54) is 45.3 Å². The van der Waals surface area contributed by atoms with Crippen molar-refractivity contribution in [1.82, 2.24) is 4.90 Å². The molecule has 0 aromatic heterocycles. The van der Waals surface area contributed by atoms with Gasteiger partial charge in [-0.2, -0.15) is 0 Å². The lowest BCUT2D eigenvalue weighted by Crippen LogP contribution is -2.34. The van der Waals surface area contributed by atoms with Crippen molar-refractivity contribution in [3.05, 3.63) is 0 Å². The van der Waals surface area contributed by atoms with Crippen LogP contribution in [-0.4, -0.2) is 35.7 Å². The first-order valence-corrected chi connectivity index (χ1v) is 6.66. The predicted molar refractivity (Wildman–Crippen MR) is 65.0 cm³/mol. The fourth-order valence-corrected chi connectivity index (χ4v) is 2.72. The SMILES string of the molecule is CCCN(CCC)CC1CCCC(O)C1. The van der Waals surface area contributed by atoms with Crippen molar-refractivity contribution in [2.24, 2.45) is 5.92 Å². The first-order chi connectivity index (χ1) is 7.26. The minimum Gasteiger partial charge on any atom is -0.393 e. The fourth-order valence-electron chi connectivity index (χ4n) is 2.72. The summed E-state index contributed by atoms with van der Waals surface area (Å²) in [6.07, 6.45) is 7.07. The summed E-state index contributed by atoms with van der Waals surface area (Å²) in [6, 6.07) is 0. The van der Waals surface area contributed by atoms with Gasteiger partial charge >= 0.3 is 0 Å². The highest BCUT2D eigenvalue weighted by atomic mass is 16.3. The summed E-state index contributed by atoms with van der Waals surface area (Å²) in [5, 5.41) is 9.63. The van der Waals surface area contributed by atoms with Crippen LogP contribution in [-0.2, 0) is 0 Å². The average Bonchev–Trinajstić information content (AvgIpc) is 2.18. The van der Waals surface area contributed by atoms with Crippen LogP contribution in [0.15, 0.2) is 0 Å². The molecule has 1 N–H and O–H groups in total. The molecule has 1 rings (SSSR count). The molecule has 0 spiro atoms. The number of aliphatic hydroxyl groups is 1. The molecule has 0 aromatic rings. The van der Waals surface area contributed by atoms with Gasteiger partial charge in [-0.05, 0) is 51.1 Å². The second-order valence-electron chi connectivity index (χ2n) is 4.99. The molecule has 2 atom stereocenters. The summed E-state index contributed by atoms with van der Waals surface area (Å²) in [5.74, 6) is 0.742. The summed E-state index contributed by atoms with van der Waals surface area (Å²) in [5.41, 5.74) is 0. The van der Waals surface area contributed by atoms with Crippen molar-refractivity contribution in [2.75, 3.05) is 19.6 Å². The largest absolute Gasteiger partial charge is 0.393 e. The number of hydrogen-bond donors (Lipinski definition) is 1. The zero-order valence-electron chi connectivity index (χ0n) is 10.4. The minimum atomic E-state index is -0.0196. The molecule has 1 saturated carbocycles. The Kier molecular flexibility index (Phi) is 6.26. The number of aliphatic hydroxyl groups excluding tert-OH is 1. The second-order valence-corrected chi connectivity index (χ2v) is 4.99. The third-order valence-electron chi connectivity index (χ3n) is 3.35. The lowest BCUT2D eigenvalue weighted by atomic mass is 9.87. The Hall–Kier alpha value is -0.0800. The van der Waals surface area contributed by atoms with Crippen LogP contribution in [0.4, 0.5) is 0 Å². The smallest absolute Gasteiger partial charge is 0.0543 e. The summed E-state index contributed by atoms with van der Waals surface area (Å²) in [4.78, 5) is 2.57. The topological polar surface area (TPSA) is 23.5 Å². The molecule has 0 radical (unpaired) electrons. The molecule has 2 nitrogen and oxygen atoms in total. The van der Waals surface area contributed by atoms with Crippen LogP contribution in [0, 0.1) is 5.92 Å². The van der Waals surface area contributed by atoms with Gasteiger partial charge in [-0.25, -0.2) is 0 Å². The van der Waals surface area contributed by atoms with E-state index in [2.05, 4.69) is 18.7 Å².